The lowest BCUT2D eigenvalue weighted by molar-refractivity contribution is -0.732. The molecular formula is C25H30N7O2S+. The van der Waals surface area contributed by atoms with Gasteiger partial charge in [-0.1, -0.05) is 0 Å². The van der Waals surface area contributed by atoms with Crippen LogP contribution in [0.5, 0.6) is 5.75 Å². The second-order valence-corrected chi connectivity index (χ2v) is 11.0. The van der Waals surface area contributed by atoms with Crippen molar-refractivity contribution in [2.75, 3.05) is 30.7 Å². The third-order valence-electron chi connectivity index (χ3n) is 7.68. The van der Waals surface area contributed by atoms with Crippen molar-refractivity contribution in [2.45, 2.75) is 51.5 Å². The van der Waals surface area contributed by atoms with Gasteiger partial charge in [0.05, 0.1) is 42.1 Å². The highest BCUT2D eigenvalue weighted by Gasteiger charge is 2.53. The Morgan fingerprint density at radius 1 is 1.37 bits per heavy atom. The SMILES string of the molecule is CCOc1cc(N)c(C=N)cc1Nc1ncnc2sc3c(c12)CCC([N+](=O)N1CCC2(CC2)C1)C3. The topological polar surface area (TPSA) is 120 Å². The molecule has 1 aromatic carbocycles. The van der Waals surface area contributed by atoms with E-state index < -0.39 is 0 Å². The standard InChI is InChI=1S/C25H30N7O2S/c1-2-34-20-11-18(27)15(12-26)9-19(20)30-23-22-17-4-3-16(10-21(17)35-24(22)29-14-28-23)32(33)31-8-7-25(13-31)5-6-25/h9,11-12,14,16,26H,2-8,10,13,27H2,1H3,(H,28,29,30)/q+1. The van der Waals surface area contributed by atoms with Gasteiger partial charge in [-0.2, -0.15) is 0 Å². The number of fused-ring (bicyclic) bond motifs is 3. The molecule has 3 aromatic rings. The van der Waals surface area contributed by atoms with Gasteiger partial charge in [0.1, 0.15) is 27.6 Å². The first-order chi connectivity index (χ1) is 17.0. The smallest absolute Gasteiger partial charge is 0.239 e. The van der Waals surface area contributed by atoms with Crippen molar-refractivity contribution < 1.29 is 9.61 Å². The van der Waals surface area contributed by atoms with Crippen LogP contribution >= 0.6 is 11.3 Å². The number of rotatable bonds is 7. The summed E-state index contributed by atoms with van der Waals surface area (Å²) in [5.74, 6) is 1.33. The molecule has 4 N–H and O–H groups in total. The van der Waals surface area contributed by atoms with E-state index in [2.05, 4.69) is 15.3 Å². The maximum absolute atomic E-state index is 13.2. The number of thiophene rings is 1. The van der Waals surface area contributed by atoms with Gasteiger partial charge >= 0.3 is 0 Å². The van der Waals surface area contributed by atoms with Gasteiger partial charge in [0.2, 0.25) is 6.04 Å². The lowest BCUT2D eigenvalue weighted by atomic mass is 9.93. The Balaban J connectivity index is 1.29. The van der Waals surface area contributed by atoms with E-state index in [1.165, 1.54) is 34.4 Å². The molecule has 9 nitrogen and oxygen atoms in total. The summed E-state index contributed by atoms with van der Waals surface area (Å²) in [5.41, 5.74) is 9.57. The van der Waals surface area contributed by atoms with E-state index in [4.69, 9.17) is 15.9 Å². The van der Waals surface area contributed by atoms with Crippen LogP contribution in [0.2, 0.25) is 0 Å². The second kappa shape index (κ2) is 8.44. The predicted molar refractivity (Wildman–Crippen MR) is 138 cm³/mol. The van der Waals surface area contributed by atoms with Crippen molar-refractivity contribution in [3.05, 3.63) is 39.4 Å². The highest BCUT2D eigenvalue weighted by atomic mass is 32.1. The van der Waals surface area contributed by atoms with Crippen LogP contribution in [0.3, 0.4) is 0 Å². The summed E-state index contributed by atoms with van der Waals surface area (Å²) >= 11 is 1.66. The summed E-state index contributed by atoms with van der Waals surface area (Å²) in [4.78, 5) is 25.7. The van der Waals surface area contributed by atoms with Crippen LogP contribution in [0.1, 0.15) is 48.6 Å². The van der Waals surface area contributed by atoms with Crippen molar-refractivity contribution in [1.29, 1.82) is 5.41 Å². The number of anilines is 3. The highest BCUT2D eigenvalue weighted by molar-refractivity contribution is 7.19. The van der Waals surface area contributed by atoms with E-state index >= 15 is 0 Å². The molecule has 10 heteroatoms. The quantitative estimate of drug-likeness (QED) is 0.253. The minimum atomic E-state index is -0.0226. The number of ether oxygens (including phenoxy) is 1. The number of nitrogens with two attached hydrogens (primary N) is 1. The zero-order valence-corrected chi connectivity index (χ0v) is 20.7. The maximum atomic E-state index is 13.2. The summed E-state index contributed by atoms with van der Waals surface area (Å²) in [6.45, 7) is 4.23. The molecule has 182 valence electrons. The van der Waals surface area contributed by atoms with Crippen molar-refractivity contribution >= 4 is 45.0 Å². The van der Waals surface area contributed by atoms with Crippen LogP contribution in [0.15, 0.2) is 18.5 Å². The minimum Gasteiger partial charge on any atom is -0.492 e. The van der Waals surface area contributed by atoms with Gasteiger partial charge in [0.25, 0.3) is 0 Å². The molecule has 1 aliphatic heterocycles. The van der Waals surface area contributed by atoms with Gasteiger partial charge in [-0.05, 0) is 49.7 Å². The fourth-order valence-electron chi connectivity index (χ4n) is 5.51. The summed E-state index contributed by atoms with van der Waals surface area (Å²) in [7, 11) is 0. The average Bonchev–Trinajstić information content (AvgIpc) is 3.31. The molecule has 6 rings (SSSR count). The maximum Gasteiger partial charge on any atom is 0.239 e. The first-order valence-corrected chi connectivity index (χ1v) is 13.1. The molecule has 0 amide bonds. The lowest BCUT2D eigenvalue weighted by Crippen LogP contribution is -2.41. The number of nitrogens with one attached hydrogen (secondary N) is 2. The summed E-state index contributed by atoms with van der Waals surface area (Å²) in [6.07, 6.45) is 8.90. The first kappa shape index (κ1) is 22.2. The number of hydrazine groups is 1. The third kappa shape index (κ3) is 3.89. The molecule has 2 aromatic heterocycles. The molecule has 0 bridgehead atoms. The van der Waals surface area contributed by atoms with E-state index in [0.717, 1.165) is 49.0 Å². The van der Waals surface area contributed by atoms with Crippen molar-refractivity contribution in [3.63, 3.8) is 0 Å². The van der Waals surface area contributed by atoms with Gasteiger partial charge in [-0.3, -0.25) is 0 Å². The van der Waals surface area contributed by atoms with Crippen LogP contribution in [-0.4, -0.2) is 51.8 Å². The Morgan fingerprint density at radius 2 is 2.23 bits per heavy atom. The van der Waals surface area contributed by atoms with Crippen LogP contribution < -0.4 is 15.8 Å². The van der Waals surface area contributed by atoms with E-state index in [-0.39, 0.29) is 6.04 Å². The van der Waals surface area contributed by atoms with E-state index in [1.54, 1.807) is 23.7 Å². The molecule has 2 aliphatic carbocycles. The van der Waals surface area contributed by atoms with Crippen molar-refractivity contribution in [2.24, 2.45) is 5.41 Å². The largest absolute Gasteiger partial charge is 0.492 e. The number of nitrogens with zero attached hydrogens (tertiary/aromatic N) is 4. The highest BCUT2D eigenvalue weighted by Crippen LogP contribution is 2.53. The monoisotopic (exact) mass is 492 g/mol. The fraction of sp³-hybridized carbons (Fsp3) is 0.480. The van der Waals surface area contributed by atoms with E-state index in [9.17, 15) is 4.91 Å². The molecule has 1 unspecified atom stereocenters. The van der Waals surface area contributed by atoms with Gasteiger partial charge in [-0.25, -0.2) is 9.97 Å². The molecule has 3 heterocycles. The van der Waals surface area contributed by atoms with Crippen LogP contribution in [0.25, 0.3) is 10.2 Å². The molecule has 35 heavy (non-hydrogen) atoms. The van der Waals surface area contributed by atoms with E-state index in [1.807, 2.05) is 18.0 Å². The Hall–Kier alpha value is -3.27. The minimum absolute atomic E-state index is 0.0226. The summed E-state index contributed by atoms with van der Waals surface area (Å²) < 4.78 is 5.80. The van der Waals surface area contributed by atoms with Gasteiger partial charge < -0.3 is 21.2 Å². The van der Waals surface area contributed by atoms with Crippen LogP contribution in [0, 0.1) is 15.7 Å². The van der Waals surface area contributed by atoms with Crippen LogP contribution in [0.4, 0.5) is 17.2 Å². The average molecular weight is 493 g/mol. The normalized spacial score (nSPS) is 20.1. The van der Waals surface area contributed by atoms with Gasteiger partial charge in [0, 0.05) is 34.8 Å². The lowest BCUT2D eigenvalue weighted by Gasteiger charge is -2.20. The molecular weight excluding hydrogens is 462 g/mol. The molecule has 1 saturated carbocycles. The van der Waals surface area contributed by atoms with Crippen molar-refractivity contribution in [3.8, 4) is 5.75 Å². The zero-order chi connectivity index (χ0) is 24.2. The number of aromatic nitrogens is 2. The summed E-state index contributed by atoms with van der Waals surface area (Å²) in [6, 6.07) is 3.53. The molecule has 0 radical (unpaired) electrons. The van der Waals surface area contributed by atoms with Crippen molar-refractivity contribution in [1.82, 2.24) is 15.0 Å². The number of nitrogen functional groups attached to an aromatic ring is 1. The van der Waals surface area contributed by atoms with Gasteiger partial charge in [0.15, 0.2) is 0 Å². The molecule has 2 fully saturated rings. The predicted octanol–water partition coefficient (Wildman–Crippen LogP) is 4.45. The first-order valence-electron chi connectivity index (χ1n) is 12.3. The third-order valence-corrected chi connectivity index (χ3v) is 8.84. The van der Waals surface area contributed by atoms with E-state index in [0.29, 0.717) is 40.5 Å². The number of hydrogen-bond donors (Lipinski definition) is 3. The number of nitroso groups, excluding NO2 is 1. The molecule has 1 saturated heterocycles. The Labute approximate surface area is 207 Å². The zero-order valence-electron chi connectivity index (χ0n) is 19.8. The Kier molecular flexibility index (Phi) is 5.36. The Morgan fingerprint density at radius 3 is 2.97 bits per heavy atom. The summed E-state index contributed by atoms with van der Waals surface area (Å²) in [5, 5.41) is 14.2. The molecule has 1 atom stereocenters. The fourth-order valence-corrected chi connectivity index (χ4v) is 6.77. The molecule has 1 spiro atoms. The number of hydrogen-bond acceptors (Lipinski definition) is 8. The Bertz CT molecular complexity index is 1330. The number of aryl methyl sites for hydroxylation is 1. The second-order valence-electron chi connectivity index (χ2n) is 9.92. The number of benzene rings is 1. The molecule has 3 aliphatic rings. The van der Waals surface area contributed by atoms with Crippen LogP contribution in [-0.2, 0) is 12.8 Å². The van der Waals surface area contributed by atoms with Gasteiger partial charge in [-0.15, -0.1) is 16.3 Å².